The van der Waals surface area contributed by atoms with Crippen LogP contribution in [0.4, 0.5) is 0 Å². The number of carbonyl (C=O) groups is 1. The van der Waals surface area contributed by atoms with E-state index in [4.69, 9.17) is 5.73 Å². The molecular formula is C15H21ClN4O. The highest BCUT2D eigenvalue weighted by molar-refractivity contribution is 5.87. The quantitative estimate of drug-likeness (QED) is 0.787. The standard InChI is InChI=1S/C15H20N4O.ClH/c1-15(9-16,10-6-7-10)17-14(20)8-13-11-4-2-3-5-12(11)18-19-13;/h2-5,10H,6-9,16H2,1H3,(H,17,20)(H,18,19);1H. The molecule has 2 aromatic rings. The molecule has 5 nitrogen and oxygen atoms in total. The summed E-state index contributed by atoms with van der Waals surface area (Å²) in [6, 6.07) is 7.80. The molecule has 6 heteroatoms. The van der Waals surface area contributed by atoms with Crippen molar-refractivity contribution in [1.29, 1.82) is 0 Å². The molecule has 1 aromatic heterocycles. The number of benzene rings is 1. The number of aromatic nitrogens is 2. The van der Waals surface area contributed by atoms with Crippen molar-refractivity contribution < 1.29 is 4.79 Å². The van der Waals surface area contributed by atoms with E-state index in [9.17, 15) is 4.79 Å². The van der Waals surface area contributed by atoms with Crippen molar-refractivity contribution in [2.24, 2.45) is 11.7 Å². The van der Waals surface area contributed by atoms with Gasteiger partial charge in [-0.25, -0.2) is 0 Å². The number of nitrogens with zero attached hydrogens (tertiary/aromatic N) is 1. The van der Waals surface area contributed by atoms with Gasteiger partial charge in [0.1, 0.15) is 0 Å². The Morgan fingerprint density at radius 2 is 2.19 bits per heavy atom. The molecule has 0 saturated heterocycles. The van der Waals surface area contributed by atoms with E-state index < -0.39 is 0 Å². The van der Waals surface area contributed by atoms with E-state index in [1.54, 1.807) is 0 Å². The fourth-order valence-electron chi connectivity index (χ4n) is 2.71. The largest absolute Gasteiger partial charge is 0.349 e. The molecule has 0 radical (unpaired) electrons. The van der Waals surface area contributed by atoms with Gasteiger partial charge in [-0.2, -0.15) is 5.10 Å². The van der Waals surface area contributed by atoms with Crippen LogP contribution in [0.1, 0.15) is 25.5 Å². The maximum absolute atomic E-state index is 12.2. The van der Waals surface area contributed by atoms with E-state index >= 15 is 0 Å². The number of rotatable bonds is 5. The topological polar surface area (TPSA) is 83.8 Å². The third-order valence-corrected chi connectivity index (χ3v) is 4.21. The third kappa shape index (κ3) is 3.19. The molecule has 1 aliphatic carbocycles. The number of H-pyrrole nitrogens is 1. The summed E-state index contributed by atoms with van der Waals surface area (Å²) in [7, 11) is 0. The summed E-state index contributed by atoms with van der Waals surface area (Å²) in [6.07, 6.45) is 2.62. The van der Waals surface area contributed by atoms with Gasteiger partial charge in [-0.3, -0.25) is 9.89 Å². The van der Waals surface area contributed by atoms with E-state index in [-0.39, 0.29) is 23.9 Å². The molecule has 1 atom stereocenters. The second kappa shape index (κ2) is 6.03. The van der Waals surface area contributed by atoms with Crippen LogP contribution in [0.3, 0.4) is 0 Å². The molecule has 3 rings (SSSR count). The van der Waals surface area contributed by atoms with Crippen molar-refractivity contribution in [2.75, 3.05) is 6.54 Å². The summed E-state index contributed by atoms with van der Waals surface area (Å²) in [5, 5.41) is 11.3. The lowest BCUT2D eigenvalue weighted by atomic mass is 9.95. The number of aromatic amines is 1. The van der Waals surface area contributed by atoms with Gasteiger partial charge in [0.15, 0.2) is 0 Å². The Kier molecular flexibility index (Phi) is 4.54. The molecule has 1 aromatic carbocycles. The van der Waals surface area contributed by atoms with E-state index in [1.165, 1.54) is 0 Å². The fourth-order valence-corrected chi connectivity index (χ4v) is 2.71. The highest BCUT2D eigenvalue weighted by Gasteiger charge is 2.41. The molecule has 1 fully saturated rings. The van der Waals surface area contributed by atoms with Gasteiger partial charge in [0, 0.05) is 11.9 Å². The van der Waals surface area contributed by atoms with Crippen molar-refractivity contribution >= 4 is 29.2 Å². The molecule has 114 valence electrons. The maximum Gasteiger partial charge on any atom is 0.226 e. The molecule has 1 aliphatic rings. The first-order valence-electron chi connectivity index (χ1n) is 7.05. The Hall–Kier alpha value is -1.59. The highest BCUT2D eigenvalue weighted by Crippen LogP contribution is 2.39. The lowest BCUT2D eigenvalue weighted by Crippen LogP contribution is -2.53. The third-order valence-electron chi connectivity index (χ3n) is 4.21. The van der Waals surface area contributed by atoms with Gasteiger partial charge in [-0.15, -0.1) is 12.4 Å². The number of halogens is 1. The molecule has 1 heterocycles. The van der Waals surface area contributed by atoms with Gasteiger partial charge < -0.3 is 11.1 Å². The Bertz CT molecular complexity index is 637. The summed E-state index contributed by atoms with van der Waals surface area (Å²) in [6.45, 7) is 2.51. The van der Waals surface area contributed by atoms with Crippen LogP contribution in [0.15, 0.2) is 24.3 Å². The molecular weight excluding hydrogens is 288 g/mol. The second-order valence-corrected chi connectivity index (χ2v) is 5.84. The van der Waals surface area contributed by atoms with Crippen LogP contribution in [0, 0.1) is 5.92 Å². The Balaban J connectivity index is 0.00000161. The number of carbonyl (C=O) groups excluding carboxylic acids is 1. The van der Waals surface area contributed by atoms with Gasteiger partial charge in [-0.1, -0.05) is 18.2 Å². The number of nitrogens with one attached hydrogen (secondary N) is 2. The molecule has 1 unspecified atom stereocenters. The predicted octanol–water partition coefficient (Wildman–Crippen LogP) is 1.77. The molecule has 4 N–H and O–H groups in total. The number of fused-ring (bicyclic) bond motifs is 1. The van der Waals surface area contributed by atoms with Crippen LogP contribution in [0.5, 0.6) is 0 Å². The summed E-state index contributed by atoms with van der Waals surface area (Å²) in [5.41, 5.74) is 7.30. The first-order valence-corrected chi connectivity index (χ1v) is 7.05. The lowest BCUT2D eigenvalue weighted by Gasteiger charge is -2.29. The Labute approximate surface area is 130 Å². The van der Waals surface area contributed by atoms with Crippen LogP contribution in [0.25, 0.3) is 10.9 Å². The van der Waals surface area contributed by atoms with E-state index in [0.29, 0.717) is 18.9 Å². The SMILES string of the molecule is CC(CN)(NC(=O)Cc1[nH]nc2ccccc12)C1CC1.Cl. The number of nitrogens with two attached hydrogens (primary N) is 1. The van der Waals surface area contributed by atoms with Gasteiger partial charge >= 0.3 is 0 Å². The first kappa shape index (κ1) is 15.8. The van der Waals surface area contributed by atoms with Crippen molar-refractivity contribution in [3.63, 3.8) is 0 Å². The Morgan fingerprint density at radius 3 is 2.86 bits per heavy atom. The molecule has 1 amide bonds. The second-order valence-electron chi connectivity index (χ2n) is 5.84. The van der Waals surface area contributed by atoms with Crippen LogP contribution < -0.4 is 11.1 Å². The van der Waals surface area contributed by atoms with Crippen molar-refractivity contribution in [3.8, 4) is 0 Å². The van der Waals surface area contributed by atoms with Gasteiger partial charge in [0.25, 0.3) is 0 Å². The molecule has 0 aliphatic heterocycles. The van der Waals surface area contributed by atoms with Crippen LogP contribution >= 0.6 is 12.4 Å². The lowest BCUT2D eigenvalue weighted by molar-refractivity contribution is -0.122. The zero-order chi connectivity index (χ0) is 14.2. The average molecular weight is 309 g/mol. The summed E-state index contributed by atoms with van der Waals surface area (Å²) >= 11 is 0. The normalized spacial score (nSPS) is 17.0. The Morgan fingerprint density at radius 1 is 1.48 bits per heavy atom. The summed E-state index contributed by atoms with van der Waals surface area (Å²) < 4.78 is 0. The van der Waals surface area contributed by atoms with E-state index in [2.05, 4.69) is 15.5 Å². The van der Waals surface area contributed by atoms with Gasteiger partial charge in [-0.05, 0) is 31.7 Å². The minimum absolute atomic E-state index is 0. The summed E-state index contributed by atoms with van der Waals surface area (Å²) in [4.78, 5) is 12.2. The number of hydrogen-bond acceptors (Lipinski definition) is 3. The number of para-hydroxylation sites is 1. The average Bonchev–Trinajstić information content (AvgIpc) is 3.23. The van der Waals surface area contributed by atoms with Crippen LogP contribution in [0.2, 0.25) is 0 Å². The number of hydrogen-bond donors (Lipinski definition) is 3. The first-order chi connectivity index (χ1) is 9.62. The van der Waals surface area contributed by atoms with Gasteiger partial charge in [0.2, 0.25) is 5.91 Å². The van der Waals surface area contributed by atoms with Crippen LogP contribution in [-0.4, -0.2) is 28.2 Å². The molecule has 0 bridgehead atoms. The fraction of sp³-hybridized carbons (Fsp3) is 0.467. The number of amides is 1. The van der Waals surface area contributed by atoms with Crippen molar-refractivity contribution in [2.45, 2.75) is 31.7 Å². The molecule has 1 saturated carbocycles. The summed E-state index contributed by atoms with van der Waals surface area (Å²) in [5.74, 6) is 0.522. The smallest absolute Gasteiger partial charge is 0.226 e. The minimum Gasteiger partial charge on any atom is -0.349 e. The van der Waals surface area contributed by atoms with E-state index in [0.717, 1.165) is 29.4 Å². The van der Waals surface area contributed by atoms with Crippen molar-refractivity contribution in [1.82, 2.24) is 15.5 Å². The maximum atomic E-state index is 12.2. The monoisotopic (exact) mass is 308 g/mol. The minimum atomic E-state index is -0.271. The zero-order valence-corrected chi connectivity index (χ0v) is 12.9. The molecule has 0 spiro atoms. The zero-order valence-electron chi connectivity index (χ0n) is 12.1. The predicted molar refractivity (Wildman–Crippen MR) is 85.4 cm³/mol. The van der Waals surface area contributed by atoms with E-state index in [1.807, 2.05) is 31.2 Å². The van der Waals surface area contributed by atoms with Crippen LogP contribution in [-0.2, 0) is 11.2 Å². The highest BCUT2D eigenvalue weighted by atomic mass is 35.5. The molecule has 21 heavy (non-hydrogen) atoms. The van der Waals surface area contributed by atoms with Gasteiger partial charge in [0.05, 0.1) is 23.2 Å². The van der Waals surface area contributed by atoms with Crippen molar-refractivity contribution in [3.05, 3.63) is 30.0 Å².